The molecule has 2 aromatic carbocycles. The Balaban J connectivity index is 1.51. The number of hydrogen-bond donors (Lipinski definition) is 1. The number of aldehydes is 1. The van der Waals surface area contributed by atoms with Gasteiger partial charge in [-0.2, -0.15) is 0 Å². The van der Waals surface area contributed by atoms with Crippen LogP contribution in [-0.2, 0) is 12.0 Å². The van der Waals surface area contributed by atoms with Gasteiger partial charge < -0.3 is 20.1 Å². The van der Waals surface area contributed by atoms with Crippen LogP contribution in [0.25, 0.3) is 0 Å². The number of benzene rings is 2. The number of methoxy groups -OCH3 is 1. The van der Waals surface area contributed by atoms with Crippen molar-refractivity contribution in [1.82, 2.24) is 4.90 Å². The minimum absolute atomic E-state index is 0.0504. The van der Waals surface area contributed by atoms with Crippen molar-refractivity contribution in [3.05, 3.63) is 58.7 Å². The first-order chi connectivity index (χ1) is 13.6. The SMILES string of the molecule is COc1ccc(C(=O)N2CCC3(CC2)COc2ccc(CN)cc23)cc1C=O. The van der Waals surface area contributed by atoms with Crippen molar-refractivity contribution in [2.75, 3.05) is 26.8 Å². The van der Waals surface area contributed by atoms with Crippen molar-refractivity contribution in [1.29, 1.82) is 0 Å². The zero-order valence-electron chi connectivity index (χ0n) is 15.9. The largest absolute Gasteiger partial charge is 0.496 e. The molecule has 0 radical (unpaired) electrons. The lowest BCUT2D eigenvalue weighted by Crippen LogP contribution is -2.46. The third-order valence-electron chi connectivity index (χ3n) is 5.97. The molecule has 2 aliphatic heterocycles. The molecule has 0 bridgehead atoms. The summed E-state index contributed by atoms with van der Waals surface area (Å²) in [5, 5.41) is 0. The smallest absolute Gasteiger partial charge is 0.253 e. The highest BCUT2D eigenvalue weighted by Gasteiger charge is 2.43. The number of hydrogen-bond acceptors (Lipinski definition) is 5. The lowest BCUT2D eigenvalue weighted by molar-refractivity contribution is 0.0646. The monoisotopic (exact) mass is 380 g/mol. The molecular weight excluding hydrogens is 356 g/mol. The maximum atomic E-state index is 12.9. The van der Waals surface area contributed by atoms with Gasteiger partial charge in [0.15, 0.2) is 6.29 Å². The standard InChI is InChI=1S/C22H24N2O4/c1-27-19-5-3-16(11-17(19)13-25)21(26)24-8-6-22(7-9-24)14-28-20-4-2-15(12-23)10-18(20)22/h2-5,10-11,13H,6-9,12,14,23H2,1H3. The number of ether oxygens (including phenoxy) is 2. The molecule has 28 heavy (non-hydrogen) atoms. The van der Waals surface area contributed by atoms with Crippen LogP contribution in [0.4, 0.5) is 0 Å². The molecule has 2 aliphatic rings. The molecule has 0 aromatic heterocycles. The lowest BCUT2D eigenvalue weighted by Gasteiger charge is -2.38. The molecule has 0 saturated carbocycles. The second kappa shape index (κ2) is 7.28. The van der Waals surface area contributed by atoms with Gasteiger partial charge in [0, 0.05) is 36.2 Å². The van der Waals surface area contributed by atoms with E-state index in [2.05, 4.69) is 6.07 Å². The zero-order chi connectivity index (χ0) is 19.7. The number of likely N-dealkylation sites (tertiary alicyclic amines) is 1. The van der Waals surface area contributed by atoms with Crippen LogP contribution in [0.2, 0.25) is 0 Å². The van der Waals surface area contributed by atoms with Crippen LogP contribution < -0.4 is 15.2 Å². The van der Waals surface area contributed by atoms with Crippen LogP contribution >= 0.6 is 0 Å². The zero-order valence-corrected chi connectivity index (χ0v) is 15.9. The van der Waals surface area contributed by atoms with E-state index in [0.717, 1.165) is 24.2 Å². The van der Waals surface area contributed by atoms with Gasteiger partial charge in [0.25, 0.3) is 5.91 Å². The average Bonchev–Trinajstić information content (AvgIpc) is 3.10. The maximum Gasteiger partial charge on any atom is 0.253 e. The Hall–Kier alpha value is -2.86. The quantitative estimate of drug-likeness (QED) is 0.825. The molecule has 1 fully saturated rings. The summed E-state index contributed by atoms with van der Waals surface area (Å²) < 4.78 is 11.1. The van der Waals surface area contributed by atoms with Crippen molar-refractivity contribution in [3.63, 3.8) is 0 Å². The van der Waals surface area contributed by atoms with Crippen LogP contribution in [0.3, 0.4) is 0 Å². The van der Waals surface area contributed by atoms with E-state index in [-0.39, 0.29) is 11.3 Å². The molecule has 4 rings (SSSR count). The van der Waals surface area contributed by atoms with Crippen LogP contribution in [0, 0.1) is 0 Å². The molecular formula is C22H24N2O4. The number of rotatable bonds is 4. The summed E-state index contributed by atoms with van der Waals surface area (Å²) in [5.41, 5.74) is 8.96. The third-order valence-corrected chi connectivity index (χ3v) is 5.97. The van der Waals surface area contributed by atoms with E-state index in [9.17, 15) is 9.59 Å². The Morgan fingerprint density at radius 2 is 2.04 bits per heavy atom. The summed E-state index contributed by atoms with van der Waals surface area (Å²) in [5.74, 6) is 1.35. The number of fused-ring (bicyclic) bond motifs is 2. The summed E-state index contributed by atoms with van der Waals surface area (Å²) >= 11 is 0. The average molecular weight is 380 g/mol. The van der Waals surface area contributed by atoms with Gasteiger partial charge in [-0.25, -0.2) is 0 Å². The normalized spacial score (nSPS) is 17.1. The predicted molar refractivity (Wildman–Crippen MR) is 105 cm³/mol. The first-order valence-corrected chi connectivity index (χ1v) is 9.49. The molecule has 0 unspecified atom stereocenters. The summed E-state index contributed by atoms with van der Waals surface area (Å²) in [7, 11) is 1.51. The Labute approximate surface area is 164 Å². The van der Waals surface area contributed by atoms with E-state index < -0.39 is 0 Å². The number of carbonyl (C=O) groups is 2. The van der Waals surface area contributed by atoms with E-state index >= 15 is 0 Å². The van der Waals surface area contributed by atoms with Crippen LogP contribution in [0.1, 0.15) is 44.7 Å². The van der Waals surface area contributed by atoms with Gasteiger partial charge in [-0.05, 0) is 42.7 Å². The number of carbonyl (C=O) groups excluding carboxylic acids is 2. The Bertz CT molecular complexity index is 917. The third kappa shape index (κ3) is 3.03. The summed E-state index contributed by atoms with van der Waals surface area (Å²) in [6, 6.07) is 11.1. The van der Waals surface area contributed by atoms with Gasteiger partial charge in [0.2, 0.25) is 0 Å². The molecule has 6 nitrogen and oxygen atoms in total. The molecule has 2 aromatic rings. The second-order valence-corrected chi connectivity index (χ2v) is 7.47. The molecule has 1 amide bonds. The van der Waals surface area contributed by atoms with Crippen LogP contribution in [0.5, 0.6) is 11.5 Å². The molecule has 6 heteroatoms. The molecule has 0 aliphatic carbocycles. The van der Waals surface area contributed by atoms with Crippen LogP contribution in [-0.4, -0.2) is 43.9 Å². The Morgan fingerprint density at radius 3 is 2.71 bits per heavy atom. The Kier molecular flexibility index (Phi) is 4.81. The van der Waals surface area contributed by atoms with E-state index in [1.165, 1.54) is 12.7 Å². The predicted octanol–water partition coefficient (Wildman–Crippen LogP) is 2.53. The highest BCUT2D eigenvalue weighted by molar-refractivity contribution is 5.96. The van der Waals surface area contributed by atoms with E-state index in [0.29, 0.717) is 49.4 Å². The first kappa shape index (κ1) is 18.5. The molecule has 1 saturated heterocycles. The fourth-order valence-electron chi connectivity index (χ4n) is 4.23. The number of nitrogens with zero attached hydrogens (tertiary/aromatic N) is 1. The van der Waals surface area contributed by atoms with Gasteiger partial charge >= 0.3 is 0 Å². The molecule has 146 valence electrons. The van der Waals surface area contributed by atoms with Crippen LogP contribution in [0.15, 0.2) is 36.4 Å². The van der Waals surface area contributed by atoms with Gasteiger partial charge in [-0.1, -0.05) is 12.1 Å². The second-order valence-electron chi connectivity index (χ2n) is 7.47. The highest BCUT2D eigenvalue weighted by atomic mass is 16.5. The minimum Gasteiger partial charge on any atom is -0.496 e. The van der Waals surface area contributed by atoms with E-state index in [1.807, 2.05) is 17.0 Å². The first-order valence-electron chi connectivity index (χ1n) is 9.49. The van der Waals surface area contributed by atoms with Gasteiger partial charge in [-0.3, -0.25) is 9.59 Å². The molecule has 2 heterocycles. The number of nitrogens with two attached hydrogens (primary N) is 1. The van der Waals surface area contributed by atoms with Crippen molar-refractivity contribution < 1.29 is 19.1 Å². The van der Waals surface area contributed by atoms with E-state index in [4.69, 9.17) is 15.2 Å². The van der Waals surface area contributed by atoms with Gasteiger partial charge in [0.05, 0.1) is 19.3 Å². The molecule has 0 atom stereocenters. The molecule has 1 spiro atoms. The van der Waals surface area contributed by atoms with Gasteiger partial charge in [0.1, 0.15) is 11.5 Å². The minimum atomic E-state index is -0.0598. The maximum absolute atomic E-state index is 12.9. The summed E-state index contributed by atoms with van der Waals surface area (Å²) in [4.78, 5) is 26.0. The van der Waals surface area contributed by atoms with Crippen molar-refractivity contribution in [2.45, 2.75) is 24.8 Å². The topological polar surface area (TPSA) is 81.9 Å². The van der Waals surface area contributed by atoms with Crippen molar-refractivity contribution in [3.8, 4) is 11.5 Å². The number of amides is 1. The van der Waals surface area contributed by atoms with Gasteiger partial charge in [-0.15, -0.1) is 0 Å². The summed E-state index contributed by atoms with van der Waals surface area (Å²) in [6.07, 6.45) is 2.40. The Morgan fingerprint density at radius 1 is 1.25 bits per heavy atom. The number of piperidine rings is 1. The summed E-state index contributed by atoms with van der Waals surface area (Å²) in [6.45, 7) is 2.45. The van der Waals surface area contributed by atoms with Crippen molar-refractivity contribution in [2.24, 2.45) is 5.73 Å². The highest BCUT2D eigenvalue weighted by Crippen LogP contribution is 2.46. The molecule has 2 N–H and O–H groups in total. The fourth-order valence-corrected chi connectivity index (χ4v) is 4.23. The fraction of sp³-hybridized carbons (Fsp3) is 0.364. The lowest BCUT2D eigenvalue weighted by atomic mass is 9.74. The van der Waals surface area contributed by atoms with E-state index in [1.54, 1.807) is 18.2 Å². The van der Waals surface area contributed by atoms with Crippen molar-refractivity contribution >= 4 is 12.2 Å².